The zero-order valence-corrected chi connectivity index (χ0v) is 14.3. The molecule has 1 amide bonds. The van der Waals surface area contributed by atoms with Crippen molar-refractivity contribution in [2.45, 2.75) is 31.7 Å². The molecule has 1 N–H and O–H groups in total. The predicted octanol–water partition coefficient (Wildman–Crippen LogP) is 2.11. The zero-order chi connectivity index (χ0) is 18.2. The van der Waals surface area contributed by atoms with Gasteiger partial charge in [-0.15, -0.1) is 10.2 Å². The van der Waals surface area contributed by atoms with Crippen LogP contribution >= 0.6 is 0 Å². The minimum absolute atomic E-state index is 0.119. The molecule has 1 aliphatic rings. The number of carbonyl (C=O) groups excluding carboxylic acids is 1. The van der Waals surface area contributed by atoms with E-state index in [1.807, 2.05) is 12.1 Å². The van der Waals surface area contributed by atoms with E-state index in [0.717, 1.165) is 24.2 Å². The molecule has 0 saturated heterocycles. The van der Waals surface area contributed by atoms with E-state index in [-0.39, 0.29) is 12.3 Å². The predicted molar refractivity (Wildman–Crippen MR) is 92.5 cm³/mol. The molecule has 9 heteroatoms. The van der Waals surface area contributed by atoms with Crippen molar-refractivity contribution < 1.29 is 13.7 Å². The molecule has 4 aromatic rings. The first kappa shape index (κ1) is 15.7. The van der Waals surface area contributed by atoms with Gasteiger partial charge in [-0.1, -0.05) is 5.16 Å². The molecule has 0 atom stereocenters. The van der Waals surface area contributed by atoms with E-state index in [1.165, 1.54) is 0 Å². The Hall–Kier alpha value is -3.49. The van der Waals surface area contributed by atoms with E-state index in [1.54, 1.807) is 29.0 Å². The number of hydrogen-bond donors (Lipinski definition) is 1. The standard InChI is InChI=1S/C18H16N6O3/c25-16(19-10-13-2-1-7-26-13)9-15-22-21-14-8-12(5-6-24(14)15)18-20-17(23-27-18)11-3-4-11/h1-2,5-8,11H,3-4,9-10H2,(H,19,25). The van der Waals surface area contributed by atoms with Crippen LogP contribution in [0.2, 0.25) is 0 Å². The SMILES string of the molecule is O=C(Cc1nnc2cc(-c3nc(C4CC4)no3)ccn12)NCc1ccco1. The van der Waals surface area contributed by atoms with Crippen molar-refractivity contribution in [3.05, 3.63) is 54.1 Å². The van der Waals surface area contributed by atoms with Crippen molar-refractivity contribution >= 4 is 11.6 Å². The number of hydrogen-bond acceptors (Lipinski definition) is 7. The number of nitrogens with one attached hydrogen (secondary N) is 1. The highest BCUT2D eigenvalue weighted by atomic mass is 16.5. The van der Waals surface area contributed by atoms with Crippen molar-refractivity contribution in [3.8, 4) is 11.5 Å². The first-order valence-electron chi connectivity index (χ1n) is 8.73. The van der Waals surface area contributed by atoms with Gasteiger partial charge < -0.3 is 14.3 Å². The lowest BCUT2D eigenvalue weighted by atomic mass is 10.2. The molecule has 0 aliphatic heterocycles. The molecule has 5 rings (SSSR count). The first-order valence-corrected chi connectivity index (χ1v) is 8.73. The summed E-state index contributed by atoms with van der Waals surface area (Å²) in [6.45, 7) is 0.340. The molecule has 1 aliphatic carbocycles. The largest absolute Gasteiger partial charge is 0.467 e. The second-order valence-electron chi connectivity index (χ2n) is 6.52. The number of nitrogens with zero attached hydrogens (tertiary/aromatic N) is 5. The maximum Gasteiger partial charge on any atom is 0.258 e. The summed E-state index contributed by atoms with van der Waals surface area (Å²) >= 11 is 0. The number of rotatable bonds is 6. The topological polar surface area (TPSA) is 111 Å². The van der Waals surface area contributed by atoms with E-state index in [9.17, 15) is 4.79 Å². The Balaban J connectivity index is 1.31. The summed E-state index contributed by atoms with van der Waals surface area (Å²) in [5.74, 6) is 2.77. The summed E-state index contributed by atoms with van der Waals surface area (Å²) in [5.41, 5.74) is 1.40. The van der Waals surface area contributed by atoms with Gasteiger partial charge in [-0.25, -0.2) is 0 Å². The number of carbonyl (C=O) groups is 1. The Morgan fingerprint density at radius 1 is 1.30 bits per heavy atom. The fraction of sp³-hybridized carbons (Fsp3) is 0.278. The molecule has 0 bridgehead atoms. The Morgan fingerprint density at radius 3 is 3.04 bits per heavy atom. The summed E-state index contributed by atoms with van der Waals surface area (Å²) in [6, 6.07) is 7.26. The van der Waals surface area contributed by atoms with Gasteiger partial charge in [-0.2, -0.15) is 4.98 Å². The summed E-state index contributed by atoms with van der Waals surface area (Å²) in [4.78, 5) is 16.6. The van der Waals surface area contributed by atoms with E-state index in [0.29, 0.717) is 35.6 Å². The molecular formula is C18H16N6O3. The third kappa shape index (κ3) is 3.19. The van der Waals surface area contributed by atoms with E-state index in [4.69, 9.17) is 8.94 Å². The lowest BCUT2D eigenvalue weighted by molar-refractivity contribution is -0.120. The van der Waals surface area contributed by atoms with Gasteiger partial charge in [0.05, 0.1) is 19.2 Å². The molecule has 136 valence electrons. The minimum Gasteiger partial charge on any atom is -0.467 e. The van der Waals surface area contributed by atoms with Gasteiger partial charge in [0, 0.05) is 17.7 Å². The van der Waals surface area contributed by atoms with Crippen LogP contribution in [-0.2, 0) is 17.8 Å². The van der Waals surface area contributed by atoms with E-state index < -0.39 is 0 Å². The molecular weight excluding hydrogens is 348 g/mol. The van der Waals surface area contributed by atoms with Crippen LogP contribution in [0.15, 0.2) is 45.7 Å². The van der Waals surface area contributed by atoms with Gasteiger partial charge in [0.1, 0.15) is 11.6 Å². The molecule has 0 spiro atoms. The summed E-state index contributed by atoms with van der Waals surface area (Å²) in [6.07, 6.45) is 5.73. The second kappa shape index (κ2) is 6.35. The molecule has 1 fully saturated rings. The third-order valence-electron chi connectivity index (χ3n) is 4.47. The molecule has 0 unspecified atom stereocenters. The van der Waals surface area contributed by atoms with Gasteiger partial charge in [0.15, 0.2) is 11.5 Å². The number of furan rings is 1. The molecule has 9 nitrogen and oxygen atoms in total. The molecule has 4 heterocycles. The van der Waals surface area contributed by atoms with E-state index in [2.05, 4.69) is 25.7 Å². The maximum atomic E-state index is 12.1. The monoisotopic (exact) mass is 364 g/mol. The van der Waals surface area contributed by atoms with Crippen molar-refractivity contribution in [2.24, 2.45) is 0 Å². The lowest BCUT2D eigenvalue weighted by Gasteiger charge is -2.03. The van der Waals surface area contributed by atoms with Crippen LogP contribution in [0.5, 0.6) is 0 Å². The van der Waals surface area contributed by atoms with Crippen LogP contribution in [0.25, 0.3) is 17.1 Å². The average molecular weight is 364 g/mol. The van der Waals surface area contributed by atoms with Gasteiger partial charge in [0.2, 0.25) is 5.91 Å². The number of pyridine rings is 1. The summed E-state index contributed by atoms with van der Waals surface area (Å²) in [5, 5.41) is 15.1. The lowest BCUT2D eigenvalue weighted by Crippen LogP contribution is -2.25. The summed E-state index contributed by atoms with van der Waals surface area (Å²) in [7, 11) is 0. The fourth-order valence-corrected chi connectivity index (χ4v) is 2.86. The van der Waals surface area contributed by atoms with Crippen molar-refractivity contribution in [3.63, 3.8) is 0 Å². The number of fused-ring (bicyclic) bond motifs is 1. The van der Waals surface area contributed by atoms with Crippen molar-refractivity contribution in [1.82, 2.24) is 30.1 Å². The molecule has 1 saturated carbocycles. The Kier molecular flexibility index (Phi) is 3.70. The van der Waals surface area contributed by atoms with Gasteiger partial charge in [-0.05, 0) is 37.1 Å². The third-order valence-corrected chi connectivity index (χ3v) is 4.47. The van der Waals surface area contributed by atoms with Crippen molar-refractivity contribution in [2.75, 3.05) is 0 Å². The highest BCUT2D eigenvalue weighted by Gasteiger charge is 2.29. The van der Waals surface area contributed by atoms with Crippen LogP contribution in [0.4, 0.5) is 0 Å². The van der Waals surface area contributed by atoms with Gasteiger partial charge in [-0.3, -0.25) is 9.20 Å². The molecule has 0 aromatic carbocycles. The van der Waals surface area contributed by atoms with Gasteiger partial charge in [0.25, 0.3) is 5.89 Å². The van der Waals surface area contributed by atoms with Crippen LogP contribution < -0.4 is 5.32 Å². The number of amides is 1. The Morgan fingerprint density at radius 2 is 2.22 bits per heavy atom. The fourth-order valence-electron chi connectivity index (χ4n) is 2.86. The number of aromatic nitrogens is 5. The van der Waals surface area contributed by atoms with E-state index >= 15 is 0 Å². The van der Waals surface area contributed by atoms with Crippen LogP contribution in [0.3, 0.4) is 0 Å². The van der Waals surface area contributed by atoms with Crippen LogP contribution in [0, 0.1) is 0 Å². The normalized spacial score (nSPS) is 13.9. The smallest absolute Gasteiger partial charge is 0.258 e. The molecule has 0 radical (unpaired) electrons. The van der Waals surface area contributed by atoms with Crippen LogP contribution in [0.1, 0.15) is 36.2 Å². The Labute approximate surface area is 153 Å². The molecule has 27 heavy (non-hydrogen) atoms. The average Bonchev–Trinajstić information content (AvgIpc) is 3.10. The zero-order valence-electron chi connectivity index (χ0n) is 14.3. The summed E-state index contributed by atoms with van der Waals surface area (Å²) < 4.78 is 12.3. The second-order valence-corrected chi connectivity index (χ2v) is 6.52. The van der Waals surface area contributed by atoms with Crippen molar-refractivity contribution in [1.29, 1.82) is 0 Å². The molecule has 4 aromatic heterocycles. The Bertz CT molecular complexity index is 1090. The van der Waals surface area contributed by atoms with Crippen LogP contribution in [-0.4, -0.2) is 30.6 Å². The van der Waals surface area contributed by atoms with Gasteiger partial charge >= 0.3 is 0 Å². The highest BCUT2D eigenvalue weighted by Crippen LogP contribution is 2.38. The first-order chi connectivity index (χ1) is 13.3. The highest BCUT2D eigenvalue weighted by molar-refractivity contribution is 5.78. The quantitative estimate of drug-likeness (QED) is 0.558. The maximum absolute atomic E-state index is 12.1. The minimum atomic E-state index is -0.157.